The molecule has 150 valence electrons. The molecule has 1 amide bonds. The highest BCUT2D eigenvalue weighted by molar-refractivity contribution is 6.33. The molecule has 0 saturated heterocycles. The van der Waals surface area contributed by atoms with Crippen LogP contribution in [0.1, 0.15) is 5.56 Å². The number of nitrogens with one attached hydrogen (secondary N) is 2. The first-order valence-corrected chi connectivity index (χ1v) is 8.27. The van der Waals surface area contributed by atoms with Crippen molar-refractivity contribution in [1.29, 1.82) is 5.26 Å². The summed E-state index contributed by atoms with van der Waals surface area (Å²) in [6.07, 6.45) is -3.81. The number of nitro groups is 1. The second kappa shape index (κ2) is 8.81. The zero-order valence-corrected chi connectivity index (χ0v) is 15.6. The van der Waals surface area contributed by atoms with Crippen LogP contribution < -0.4 is 10.6 Å². The summed E-state index contributed by atoms with van der Waals surface area (Å²) in [6, 6.07) is 7.77. The van der Waals surface area contributed by atoms with Gasteiger partial charge in [0.25, 0.3) is 11.6 Å². The van der Waals surface area contributed by atoms with Gasteiger partial charge in [0.15, 0.2) is 0 Å². The highest BCUT2D eigenvalue weighted by Crippen LogP contribution is 2.36. The van der Waals surface area contributed by atoms with Crippen LogP contribution in [0.25, 0.3) is 0 Å². The maximum absolute atomic E-state index is 12.9. The van der Waals surface area contributed by atoms with E-state index in [1.807, 2.05) is 0 Å². The first kappa shape index (κ1) is 22.0. The molecule has 0 unspecified atom stereocenters. The third-order valence-electron chi connectivity index (χ3n) is 3.43. The lowest BCUT2D eigenvalue weighted by atomic mass is 10.2. The number of carbonyl (C=O) groups excluding carboxylic acids is 1. The van der Waals surface area contributed by atoms with Gasteiger partial charge in [-0.2, -0.15) is 18.4 Å². The van der Waals surface area contributed by atoms with Crippen molar-refractivity contribution in [3.8, 4) is 6.07 Å². The predicted octanol–water partition coefficient (Wildman–Crippen LogP) is 5.38. The average Bonchev–Trinajstić information content (AvgIpc) is 2.64. The Morgan fingerprint density at radius 1 is 1.17 bits per heavy atom. The summed E-state index contributed by atoms with van der Waals surface area (Å²) in [7, 11) is 0. The average molecular weight is 445 g/mol. The van der Waals surface area contributed by atoms with Crippen molar-refractivity contribution < 1.29 is 22.9 Å². The van der Waals surface area contributed by atoms with Gasteiger partial charge in [-0.1, -0.05) is 23.2 Å². The van der Waals surface area contributed by atoms with Crippen molar-refractivity contribution in [2.75, 3.05) is 10.6 Å². The lowest BCUT2D eigenvalue weighted by Gasteiger charge is -2.11. The van der Waals surface area contributed by atoms with Crippen LogP contribution in [0.3, 0.4) is 0 Å². The van der Waals surface area contributed by atoms with Crippen LogP contribution in [0.15, 0.2) is 48.2 Å². The number of benzene rings is 2. The summed E-state index contributed by atoms with van der Waals surface area (Å²) < 4.78 is 38.7. The van der Waals surface area contributed by atoms with Gasteiger partial charge < -0.3 is 10.6 Å². The largest absolute Gasteiger partial charge is 0.417 e. The van der Waals surface area contributed by atoms with Crippen LogP contribution in [0.2, 0.25) is 10.0 Å². The lowest BCUT2D eigenvalue weighted by molar-refractivity contribution is -0.384. The minimum Gasteiger partial charge on any atom is -0.359 e. The molecule has 2 rings (SSSR count). The Bertz CT molecular complexity index is 1050. The number of carbonyl (C=O) groups is 1. The second-order valence-corrected chi connectivity index (χ2v) is 6.20. The number of halogens is 5. The Morgan fingerprint density at radius 3 is 2.41 bits per heavy atom. The third kappa shape index (κ3) is 5.60. The molecule has 0 aromatic heterocycles. The number of rotatable bonds is 5. The zero-order valence-electron chi connectivity index (χ0n) is 14.1. The lowest BCUT2D eigenvalue weighted by Crippen LogP contribution is -2.15. The van der Waals surface area contributed by atoms with Gasteiger partial charge in [-0.15, -0.1) is 0 Å². The molecule has 0 radical (unpaired) electrons. The Labute approximate surface area is 171 Å². The van der Waals surface area contributed by atoms with Crippen LogP contribution in [0, 0.1) is 21.4 Å². The molecule has 0 fully saturated rings. The van der Waals surface area contributed by atoms with E-state index in [0.717, 1.165) is 30.5 Å². The topological polar surface area (TPSA) is 108 Å². The van der Waals surface area contributed by atoms with Crippen LogP contribution in [-0.4, -0.2) is 10.8 Å². The van der Waals surface area contributed by atoms with E-state index >= 15 is 0 Å². The number of nitrogens with zero attached hydrogens (tertiary/aromatic N) is 2. The van der Waals surface area contributed by atoms with E-state index in [0.29, 0.717) is 6.07 Å². The molecule has 2 aromatic rings. The Balaban J connectivity index is 2.23. The smallest absolute Gasteiger partial charge is 0.359 e. The van der Waals surface area contributed by atoms with Crippen LogP contribution in [0.4, 0.5) is 30.2 Å². The van der Waals surface area contributed by atoms with E-state index in [1.165, 1.54) is 6.07 Å². The molecule has 2 aromatic carbocycles. The second-order valence-electron chi connectivity index (χ2n) is 5.38. The molecule has 2 N–H and O–H groups in total. The number of hydrogen-bond acceptors (Lipinski definition) is 5. The Morgan fingerprint density at radius 2 is 1.83 bits per heavy atom. The molecule has 0 saturated carbocycles. The summed E-state index contributed by atoms with van der Waals surface area (Å²) in [5, 5.41) is 24.1. The predicted molar refractivity (Wildman–Crippen MR) is 101 cm³/mol. The van der Waals surface area contributed by atoms with Gasteiger partial charge in [-0.05, 0) is 24.3 Å². The van der Waals surface area contributed by atoms with Gasteiger partial charge in [-0.3, -0.25) is 14.9 Å². The van der Waals surface area contributed by atoms with Crippen molar-refractivity contribution in [3.05, 3.63) is 73.9 Å². The first-order valence-electron chi connectivity index (χ1n) is 7.51. The minimum absolute atomic E-state index is 0.0484. The van der Waals surface area contributed by atoms with Gasteiger partial charge in [0.2, 0.25) is 0 Å². The molecular weight excluding hydrogens is 436 g/mol. The monoisotopic (exact) mass is 444 g/mol. The number of anilines is 2. The van der Waals surface area contributed by atoms with E-state index in [1.54, 1.807) is 6.07 Å². The number of nitriles is 1. The van der Waals surface area contributed by atoms with Crippen molar-refractivity contribution >= 4 is 46.2 Å². The third-order valence-corrected chi connectivity index (χ3v) is 4.09. The van der Waals surface area contributed by atoms with E-state index in [-0.39, 0.29) is 22.1 Å². The van der Waals surface area contributed by atoms with E-state index < -0.39 is 33.2 Å². The molecule has 12 heteroatoms. The normalized spacial score (nSPS) is 11.5. The number of non-ortho nitro benzene ring substituents is 1. The first-order chi connectivity index (χ1) is 13.5. The summed E-state index contributed by atoms with van der Waals surface area (Å²) >= 11 is 11.4. The summed E-state index contributed by atoms with van der Waals surface area (Å²) in [4.78, 5) is 22.3. The SMILES string of the molecule is N#C/C(=C/Nc1cc([N+](=O)[O-])ccc1Cl)C(=O)Nc1ccc(Cl)c(C(F)(F)F)c1. The molecule has 7 nitrogen and oxygen atoms in total. The standard InChI is InChI=1S/C17H9Cl2F3N4O3/c18-13-3-1-10(5-12(13)17(20,21)22)25-16(27)9(7-23)8-24-15-6-11(26(28)29)2-4-14(15)19/h1-6,8,24H,(H,25,27)/b9-8-. The summed E-state index contributed by atoms with van der Waals surface area (Å²) in [5.74, 6) is -1.02. The van der Waals surface area contributed by atoms with Crippen LogP contribution in [-0.2, 0) is 11.0 Å². The number of hydrogen-bond donors (Lipinski definition) is 2. The van der Waals surface area contributed by atoms with Crippen LogP contribution in [0.5, 0.6) is 0 Å². The fourth-order valence-electron chi connectivity index (χ4n) is 2.05. The number of nitro benzene ring substituents is 1. The fraction of sp³-hybridized carbons (Fsp3) is 0.0588. The van der Waals surface area contributed by atoms with Gasteiger partial charge in [0, 0.05) is 24.0 Å². The van der Waals surface area contributed by atoms with Crippen molar-refractivity contribution in [2.45, 2.75) is 6.18 Å². The molecule has 0 aliphatic carbocycles. The highest BCUT2D eigenvalue weighted by Gasteiger charge is 2.33. The molecule has 0 spiro atoms. The van der Waals surface area contributed by atoms with Gasteiger partial charge in [0.05, 0.1) is 26.2 Å². The van der Waals surface area contributed by atoms with Gasteiger partial charge in [0.1, 0.15) is 11.6 Å². The molecule has 29 heavy (non-hydrogen) atoms. The number of amides is 1. The fourth-order valence-corrected chi connectivity index (χ4v) is 2.45. The van der Waals surface area contributed by atoms with Crippen molar-refractivity contribution in [2.24, 2.45) is 0 Å². The molecule has 0 bridgehead atoms. The van der Waals surface area contributed by atoms with E-state index in [4.69, 9.17) is 28.5 Å². The van der Waals surface area contributed by atoms with Gasteiger partial charge >= 0.3 is 6.18 Å². The molecule has 0 aliphatic rings. The summed E-state index contributed by atoms with van der Waals surface area (Å²) in [6.45, 7) is 0. The summed E-state index contributed by atoms with van der Waals surface area (Å²) in [5.41, 5.74) is -2.14. The quantitative estimate of drug-likeness (QED) is 0.278. The molecule has 0 heterocycles. The maximum atomic E-state index is 12.9. The van der Waals surface area contributed by atoms with Gasteiger partial charge in [-0.25, -0.2) is 0 Å². The van der Waals surface area contributed by atoms with Crippen molar-refractivity contribution in [1.82, 2.24) is 0 Å². The zero-order chi connectivity index (χ0) is 21.8. The molecule has 0 aliphatic heterocycles. The van der Waals surface area contributed by atoms with Crippen molar-refractivity contribution in [3.63, 3.8) is 0 Å². The minimum atomic E-state index is -4.73. The Hall–Kier alpha value is -3.29. The maximum Gasteiger partial charge on any atom is 0.417 e. The Kier molecular flexibility index (Phi) is 6.68. The van der Waals surface area contributed by atoms with Crippen LogP contribution >= 0.6 is 23.2 Å². The van der Waals surface area contributed by atoms with E-state index in [2.05, 4.69) is 10.6 Å². The molecule has 0 atom stereocenters. The van der Waals surface area contributed by atoms with E-state index in [9.17, 15) is 28.1 Å². The molecular formula is C17H9Cl2F3N4O3. The highest BCUT2D eigenvalue weighted by atomic mass is 35.5. The number of alkyl halides is 3.